The van der Waals surface area contributed by atoms with Crippen molar-refractivity contribution in [2.45, 2.75) is 0 Å². The van der Waals surface area contributed by atoms with Gasteiger partial charge in [0.2, 0.25) is 0 Å². The molecule has 0 N–H and O–H groups in total. The number of hydrogen-bond acceptors (Lipinski definition) is 2. The molecule has 7 aromatic carbocycles. The average molecular weight is 512 g/mol. The van der Waals surface area contributed by atoms with Gasteiger partial charge in [0.05, 0.1) is 16.8 Å². The zero-order valence-electron chi connectivity index (χ0n) is 21.8. The second-order valence-electron chi connectivity index (χ2n) is 10.2. The topological polar surface area (TPSA) is 16.4 Å². The molecular formula is C38H25NO. The first-order valence-electron chi connectivity index (χ1n) is 13.6. The Bertz CT molecular complexity index is 2170. The average Bonchev–Trinajstić information content (AvgIpc) is 3.41. The third-order valence-electron chi connectivity index (χ3n) is 7.82. The number of hydrogen-bond donors (Lipinski definition) is 0. The van der Waals surface area contributed by atoms with Crippen molar-refractivity contribution in [3.05, 3.63) is 152 Å². The molecule has 2 nitrogen and oxygen atoms in total. The Morgan fingerprint density at radius 2 is 1.12 bits per heavy atom. The Morgan fingerprint density at radius 1 is 0.450 bits per heavy atom. The molecule has 0 bridgehead atoms. The fourth-order valence-electron chi connectivity index (χ4n) is 5.99. The predicted molar refractivity (Wildman–Crippen MR) is 169 cm³/mol. The SMILES string of the molecule is c1ccc(N(c2c(-c3ccc4ccccc4c3)ccc3ccccc23)c2cccc3oc4ccccc4c23)cc1. The van der Waals surface area contributed by atoms with E-state index in [1.807, 2.05) is 12.1 Å². The lowest BCUT2D eigenvalue weighted by atomic mass is 9.94. The smallest absolute Gasteiger partial charge is 0.137 e. The van der Waals surface area contributed by atoms with E-state index in [0.29, 0.717) is 0 Å². The van der Waals surface area contributed by atoms with Gasteiger partial charge in [-0.1, -0.05) is 115 Å². The van der Waals surface area contributed by atoms with E-state index in [9.17, 15) is 0 Å². The second kappa shape index (κ2) is 9.14. The van der Waals surface area contributed by atoms with Crippen LogP contribution >= 0.6 is 0 Å². The largest absolute Gasteiger partial charge is 0.456 e. The molecule has 0 radical (unpaired) electrons. The molecule has 0 saturated heterocycles. The van der Waals surface area contributed by atoms with E-state index in [4.69, 9.17) is 4.42 Å². The van der Waals surface area contributed by atoms with E-state index < -0.39 is 0 Å². The van der Waals surface area contributed by atoms with Crippen LogP contribution in [0.1, 0.15) is 0 Å². The maximum absolute atomic E-state index is 6.34. The molecule has 8 rings (SSSR count). The molecule has 0 spiro atoms. The minimum atomic E-state index is 0.882. The number of rotatable bonds is 4. The van der Waals surface area contributed by atoms with Crippen molar-refractivity contribution >= 4 is 60.5 Å². The molecule has 0 atom stereocenters. The van der Waals surface area contributed by atoms with Crippen molar-refractivity contribution < 1.29 is 4.42 Å². The molecule has 1 aromatic heterocycles. The van der Waals surface area contributed by atoms with Gasteiger partial charge < -0.3 is 9.32 Å². The first-order chi connectivity index (χ1) is 19.8. The molecule has 0 aliphatic heterocycles. The summed E-state index contributed by atoms with van der Waals surface area (Å²) < 4.78 is 6.34. The summed E-state index contributed by atoms with van der Waals surface area (Å²) >= 11 is 0. The quantitative estimate of drug-likeness (QED) is 0.234. The van der Waals surface area contributed by atoms with E-state index in [2.05, 4.69) is 144 Å². The van der Waals surface area contributed by atoms with Crippen molar-refractivity contribution in [3.63, 3.8) is 0 Å². The van der Waals surface area contributed by atoms with E-state index in [1.54, 1.807) is 0 Å². The van der Waals surface area contributed by atoms with Gasteiger partial charge in [0.15, 0.2) is 0 Å². The Morgan fingerprint density at radius 3 is 2.00 bits per heavy atom. The highest BCUT2D eigenvalue weighted by Gasteiger charge is 2.23. The molecule has 0 saturated carbocycles. The summed E-state index contributed by atoms with van der Waals surface area (Å²) in [6.45, 7) is 0. The molecule has 0 unspecified atom stereocenters. The highest BCUT2D eigenvalue weighted by Crippen LogP contribution is 2.48. The van der Waals surface area contributed by atoms with Gasteiger partial charge in [0.1, 0.15) is 11.2 Å². The normalized spacial score (nSPS) is 11.5. The Balaban J connectivity index is 1.51. The Labute approximate surface area is 232 Å². The molecule has 0 aliphatic carbocycles. The second-order valence-corrected chi connectivity index (χ2v) is 10.2. The summed E-state index contributed by atoms with van der Waals surface area (Å²) in [5.74, 6) is 0. The number of para-hydroxylation sites is 2. The lowest BCUT2D eigenvalue weighted by molar-refractivity contribution is 0.669. The van der Waals surface area contributed by atoms with Crippen LogP contribution < -0.4 is 4.90 Å². The van der Waals surface area contributed by atoms with E-state index in [1.165, 1.54) is 32.7 Å². The first kappa shape index (κ1) is 22.6. The number of benzene rings is 7. The first-order valence-corrected chi connectivity index (χ1v) is 13.6. The third kappa shape index (κ3) is 3.58. The molecule has 2 heteroatoms. The highest BCUT2D eigenvalue weighted by molar-refractivity contribution is 6.16. The van der Waals surface area contributed by atoms with Crippen molar-refractivity contribution in [3.8, 4) is 11.1 Å². The van der Waals surface area contributed by atoms with Gasteiger partial charge in [-0.15, -0.1) is 0 Å². The van der Waals surface area contributed by atoms with Crippen LogP contribution in [0.4, 0.5) is 17.1 Å². The van der Waals surface area contributed by atoms with Crippen LogP contribution in [0.5, 0.6) is 0 Å². The van der Waals surface area contributed by atoms with Gasteiger partial charge in [-0.3, -0.25) is 0 Å². The zero-order chi connectivity index (χ0) is 26.5. The van der Waals surface area contributed by atoms with Crippen molar-refractivity contribution in [1.29, 1.82) is 0 Å². The van der Waals surface area contributed by atoms with Crippen LogP contribution in [0.3, 0.4) is 0 Å². The minimum Gasteiger partial charge on any atom is -0.456 e. The molecule has 8 aromatic rings. The maximum Gasteiger partial charge on any atom is 0.137 e. The van der Waals surface area contributed by atoms with E-state index in [0.717, 1.165) is 39.0 Å². The van der Waals surface area contributed by atoms with Crippen LogP contribution in [0, 0.1) is 0 Å². The van der Waals surface area contributed by atoms with Crippen LogP contribution in [-0.4, -0.2) is 0 Å². The van der Waals surface area contributed by atoms with Crippen LogP contribution in [0.2, 0.25) is 0 Å². The van der Waals surface area contributed by atoms with Gasteiger partial charge >= 0.3 is 0 Å². The molecular weight excluding hydrogens is 486 g/mol. The summed E-state index contributed by atoms with van der Waals surface area (Å²) in [4.78, 5) is 2.41. The number of fused-ring (bicyclic) bond motifs is 5. The third-order valence-corrected chi connectivity index (χ3v) is 7.82. The van der Waals surface area contributed by atoms with Crippen LogP contribution in [-0.2, 0) is 0 Å². The summed E-state index contributed by atoms with van der Waals surface area (Å²) in [6, 6.07) is 53.8. The van der Waals surface area contributed by atoms with E-state index >= 15 is 0 Å². The molecule has 1 heterocycles. The fourth-order valence-corrected chi connectivity index (χ4v) is 5.99. The van der Waals surface area contributed by atoms with Gasteiger partial charge in [-0.25, -0.2) is 0 Å². The number of anilines is 3. The van der Waals surface area contributed by atoms with Gasteiger partial charge in [0, 0.05) is 22.0 Å². The zero-order valence-corrected chi connectivity index (χ0v) is 21.8. The summed E-state index contributed by atoms with van der Waals surface area (Å²) in [5.41, 5.74) is 7.48. The van der Waals surface area contributed by atoms with Gasteiger partial charge in [0.25, 0.3) is 0 Å². The maximum atomic E-state index is 6.34. The van der Waals surface area contributed by atoms with E-state index in [-0.39, 0.29) is 0 Å². The standard InChI is InChI=1S/C38H25NO/c1-2-14-30(15-3-1)39(34-18-10-20-36-37(34)33-17-8-9-19-35(33)40-36)38-31-16-7-6-12-27(31)23-24-32(38)29-22-21-26-11-4-5-13-28(26)25-29/h1-25H. The van der Waals surface area contributed by atoms with Crippen molar-refractivity contribution in [1.82, 2.24) is 0 Å². The Kier molecular flexibility index (Phi) is 5.17. The fraction of sp³-hybridized carbons (Fsp3) is 0. The van der Waals surface area contributed by atoms with Gasteiger partial charge in [-0.2, -0.15) is 0 Å². The van der Waals surface area contributed by atoms with Gasteiger partial charge in [-0.05, 0) is 58.1 Å². The Hall–Kier alpha value is -5.34. The van der Waals surface area contributed by atoms with Crippen LogP contribution in [0.15, 0.2) is 156 Å². The van der Waals surface area contributed by atoms with Crippen LogP contribution in [0.25, 0.3) is 54.6 Å². The van der Waals surface area contributed by atoms with Crippen molar-refractivity contribution in [2.24, 2.45) is 0 Å². The predicted octanol–water partition coefficient (Wildman–Crippen LogP) is 11.0. The molecule has 40 heavy (non-hydrogen) atoms. The molecule has 0 amide bonds. The summed E-state index contributed by atoms with van der Waals surface area (Å²) in [7, 11) is 0. The molecule has 188 valence electrons. The highest BCUT2D eigenvalue weighted by atomic mass is 16.3. The number of nitrogens with zero attached hydrogens (tertiary/aromatic N) is 1. The summed E-state index contributed by atoms with van der Waals surface area (Å²) in [6.07, 6.45) is 0. The monoisotopic (exact) mass is 511 g/mol. The lowest BCUT2D eigenvalue weighted by Crippen LogP contribution is -2.12. The van der Waals surface area contributed by atoms with Crippen molar-refractivity contribution in [2.75, 3.05) is 4.90 Å². The number of furan rings is 1. The molecule has 0 fully saturated rings. The molecule has 0 aliphatic rings. The minimum absolute atomic E-state index is 0.882. The lowest BCUT2D eigenvalue weighted by Gasteiger charge is -2.30. The summed E-state index contributed by atoms with van der Waals surface area (Å²) in [5, 5.41) is 7.09.